The van der Waals surface area contributed by atoms with Gasteiger partial charge in [-0.15, -0.1) is 11.3 Å². The Bertz CT molecular complexity index is 862. The highest BCUT2D eigenvalue weighted by molar-refractivity contribution is 7.24. The largest absolute Gasteiger partial charge is 0.493 e. The molecular weight excluding hydrogens is 280 g/mol. The fourth-order valence-corrected chi connectivity index (χ4v) is 3.58. The molecule has 0 fully saturated rings. The monoisotopic (exact) mass is 298 g/mol. The third kappa shape index (κ3) is 2.66. The summed E-state index contributed by atoms with van der Waals surface area (Å²) in [4.78, 5) is 12.7. The number of hydrogen-bond acceptors (Lipinski definition) is 3. The number of fused-ring (bicyclic) bond motifs is 2. The molecule has 0 spiro atoms. The Balaban J connectivity index is 2.18. The molecular formula is C18H18O2S. The Hall–Kier alpha value is -1.87. The molecule has 0 aliphatic rings. The lowest BCUT2D eigenvalue weighted by Gasteiger charge is -2.09. The van der Waals surface area contributed by atoms with Gasteiger partial charge in [0.15, 0.2) is 5.43 Å². The molecule has 108 valence electrons. The summed E-state index contributed by atoms with van der Waals surface area (Å²) in [5.74, 6) is 1.32. The van der Waals surface area contributed by atoms with Crippen LogP contribution < -0.4 is 10.2 Å². The van der Waals surface area contributed by atoms with E-state index in [1.54, 1.807) is 11.3 Å². The van der Waals surface area contributed by atoms with E-state index in [0.717, 1.165) is 31.5 Å². The minimum atomic E-state index is 0.118. The summed E-state index contributed by atoms with van der Waals surface area (Å²) in [6.07, 6.45) is 0. The molecule has 3 aromatic rings. The van der Waals surface area contributed by atoms with Gasteiger partial charge >= 0.3 is 0 Å². The van der Waals surface area contributed by atoms with Gasteiger partial charge in [0.1, 0.15) is 5.75 Å². The van der Waals surface area contributed by atoms with E-state index in [2.05, 4.69) is 13.8 Å². The van der Waals surface area contributed by atoms with Crippen LogP contribution in [0, 0.1) is 12.8 Å². The van der Waals surface area contributed by atoms with Crippen molar-refractivity contribution in [2.45, 2.75) is 20.8 Å². The van der Waals surface area contributed by atoms with Crippen molar-refractivity contribution in [2.75, 3.05) is 6.61 Å². The maximum absolute atomic E-state index is 12.7. The maximum atomic E-state index is 12.7. The van der Waals surface area contributed by atoms with E-state index in [1.807, 2.05) is 43.3 Å². The van der Waals surface area contributed by atoms with Crippen molar-refractivity contribution in [3.8, 4) is 5.75 Å². The van der Waals surface area contributed by atoms with Crippen LogP contribution in [0.2, 0.25) is 0 Å². The quantitative estimate of drug-likeness (QED) is 0.652. The van der Waals surface area contributed by atoms with Crippen LogP contribution in [0.4, 0.5) is 0 Å². The summed E-state index contributed by atoms with van der Waals surface area (Å²) in [7, 11) is 0. The first kappa shape index (κ1) is 14.1. The summed E-state index contributed by atoms with van der Waals surface area (Å²) in [6.45, 7) is 6.92. The molecule has 0 aliphatic carbocycles. The zero-order valence-corrected chi connectivity index (χ0v) is 13.3. The summed E-state index contributed by atoms with van der Waals surface area (Å²) < 4.78 is 7.78. The van der Waals surface area contributed by atoms with Crippen molar-refractivity contribution in [3.63, 3.8) is 0 Å². The van der Waals surface area contributed by atoms with Crippen LogP contribution in [0.25, 0.3) is 20.2 Å². The molecule has 3 heteroatoms. The number of hydrogen-bond donors (Lipinski definition) is 0. The lowest BCUT2D eigenvalue weighted by molar-refractivity contribution is 0.271. The minimum Gasteiger partial charge on any atom is -0.493 e. The topological polar surface area (TPSA) is 26.3 Å². The standard InChI is InChI=1S/C18H18O2S/c1-11(2)10-20-13-7-8-14-16(9-13)21-15-6-4-5-12(3)17(15)18(14)19/h4-9,11H,10H2,1-3H3. The van der Waals surface area contributed by atoms with Gasteiger partial charge in [-0.05, 0) is 42.7 Å². The highest BCUT2D eigenvalue weighted by Gasteiger charge is 2.09. The molecule has 0 bridgehead atoms. The second-order valence-corrected chi connectivity index (χ2v) is 6.83. The molecule has 0 unspecified atom stereocenters. The van der Waals surface area contributed by atoms with Crippen LogP contribution in [-0.2, 0) is 0 Å². The van der Waals surface area contributed by atoms with E-state index in [0.29, 0.717) is 12.5 Å². The number of rotatable bonds is 3. The lowest BCUT2D eigenvalue weighted by atomic mass is 10.1. The van der Waals surface area contributed by atoms with Gasteiger partial charge in [0.05, 0.1) is 6.61 Å². The molecule has 21 heavy (non-hydrogen) atoms. The second kappa shape index (κ2) is 5.49. The van der Waals surface area contributed by atoms with Gasteiger partial charge in [-0.3, -0.25) is 4.79 Å². The van der Waals surface area contributed by atoms with Crippen molar-refractivity contribution in [2.24, 2.45) is 5.92 Å². The first-order chi connectivity index (χ1) is 10.1. The van der Waals surface area contributed by atoms with Gasteiger partial charge in [-0.2, -0.15) is 0 Å². The van der Waals surface area contributed by atoms with Crippen molar-refractivity contribution < 1.29 is 4.74 Å². The van der Waals surface area contributed by atoms with Gasteiger partial charge < -0.3 is 4.74 Å². The van der Waals surface area contributed by atoms with Crippen LogP contribution in [0.1, 0.15) is 19.4 Å². The molecule has 0 aliphatic heterocycles. The fraction of sp³-hybridized carbons (Fsp3) is 0.278. The highest BCUT2D eigenvalue weighted by Crippen LogP contribution is 2.29. The Labute approximate surface area is 128 Å². The van der Waals surface area contributed by atoms with Gasteiger partial charge in [-0.25, -0.2) is 0 Å². The molecule has 0 amide bonds. The first-order valence-corrected chi connectivity index (χ1v) is 7.97. The van der Waals surface area contributed by atoms with Crippen LogP contribution in [-0.4, -0.2) is 6.61 Å². The Morgan fingerprint density at radius 2 is 1.95 bits per heavy atom. The van der Waals surface area contributed by atoms with Gasteiger partial charge in [-0.1, -0.05) is 26.0 Å². The molecule has 2 nitrogen and oxygen atoms in total. The van der Waals surface area contributed by atoms with E-state index in [-0.39, 0.29) is 5.43 Å². The average Bonchev–Trinajstić information content (AvgIpc) is 2.45. The normalized spacial score (nSPS) is 11.4. The molecule has 1 aromatic heterocycles. The molecule has 0 saturated heterocycles. The van der Waals surface area contributed by atoms with Crippen molar-refractivity contribution in [1.82, 2.24) is 0 Å². The fourth-order valence-electron chi connectivity index (χ4n) is 2.40. The lowest BCUT2D eigenvalue weighted by Crippen LogP contribution is -2.05. The van der Waals surface area contributed by atoms with Gasteiger partial charge in [0.25, 0.3) is 0 Å². The van der Waals surface area contributed by atoms with Crippen LogP contribution in [0.3, 0.4) is 0 Å². The van der Waals surface area contributed by atoms with Gasteiger partial charge in [0, 0.05) is 20.2 Å². The molecule has 3 rings (SSSR count). The third-order valence-corrected chi connectivity index (χ3v) is 4.58. The number of ether oxygens (including phenoxy) is 1. The summed E-state index contributed by atoms with van der Waals surface area (Å²) in [6, 6.07) is 11.8. The van der Waals surface area contributed by atoms with E-state index in [1.165, 1.54) is 0 Å². The smallest absolute Gasteiger partial charge is 0.196 e. The van der Waals surface area contributed by atoms with Crippen molar-refractivity contribution in [1.29, 1.82) is 0 Å². The van der Waals surface area contributed by atoms with E-state index in [4.69, 9.17) is 4.74 Å². The molecule has 2 aromatic carbocycles. The van der Waals surface area contributed by atoms with E-state index >= 15 is 0 Å². The maximum Gasteiger partial charge on any atom is 0.196 e. The molecule has 0 N–H and O–H groups in total. The molecule has 0 atom stereocenters. The molecule has 1 heterocycles. The van der Waals surface area contributed by atoms with E-state index < -0.39 is 0 Å². The van der Waals surface area contributed by atoms with E-state index in [9.17, 15) is 4.79 Å². The Morgan fingerprint density at radius 3 is 2.71 bits per heavy atom. The minimum absolute atomic E-state index is 0.118. The SMILES string of the molecule is Cc1cccc2sc3cc(OCC(C)C)ccc3c(=O)c12. The number of benzene rings is 2. The molecule has 0 saturated carbocycles. The average molecular weight is 298 g/mol. The predicted molar refractivity (Wildman–Crippen MR) is 90.7 cm³/mol. The summed E-state index contributed by atoms with van der Waals surface area (Å²) in [5.41, 5.74) is 1.16. The van der Waals surface area contributed by atoms with Crippen LogP contribution in [0.15, 0.2) is 41.2 Å². The van der Waals surface area contributed by atoms with Gasteiger partial charge in [0.2, 0.25) is 0 Å². The van der Waals surface area contributed by atoms with Crippen molar-refractivity contribution in [3.05, 3.63) is 52.2 Å². The zero-order chi connectivity index (χ0) is 15.0. The Kier molecular flexibility index (Phi) is 3.68. The van der Waals surface area contributed by atoms with Crippen molar-refractivity contribution >= 4 is 31.5 Å². The highest BCUT2D eigenvalue weighted by atomic mass is 32.1. The first-order valence-electron chi connectivity index (χ1n) is 7.15. The second-order valence-electron chi connectivity index (χ2n) is 5.74. The summed E-state index contributed by atoms with van der Waals surface area (Å²) >= 11 is 1.65. The third-order valence-electron chi connectivity index (χ3n) is 3.46. The Morgan fingerprint density at radius 1 is 1.14 bits per heavy atom. The number of aryl methyl sites for hydroxylation is 1. The zero-order valence-electron chi connectivity index (χ0n) is 12.5. The molecule has 0 radical (unpaired) electrons. The van der Waals surface area contributed by atoms with Crippen LogP contribution in [0.5, 0.6) is 5.75 Å². The van der Waals surface area contributed by atoms with Crippen LogP contribution >= 0.6 is 11.3 Å². The summed E-state index contributed by atoms with van der Waals surface area (Å²) in [5, 5.41) is 1.62. The predicted octanol–water partition coefficient (Wildman–Crippen LogP) is 4.76.